The minimum atomic E-state index is 0.0466. The van der Waals surface area contributed by atoms with Crippen LogP contribution in [0.5, 0.6) is 5.75 Å². The van der Waals surface area contributed by atoms with Crippen LogP contribution in [0.25, 0.3) is 11.0 Å². The third-order valence-electron chi connectivity index (χ3n) is 2.42. The highest BCUT2D eigenvalue weighted by Gasteiger charge is 2.09. The van der Waals surface area contributed by atoms with Crippen LogP contribution in [0.4, 0.5) is 0 Å². The highest BCUT2D eigenvalue weighted by atomic mass is 35.5. The Hall–Kier alpha value is -1.57. The number of nitrogens with zero attached hydrogens (tertiary/aromatic N) is 4. The first kappa shape index (κ1) is 13.4. The van der Waals surface area contributed by atoms with E-state index in [0.29, 0.717) is 10.3 Å². The molecule has 0 unspecified atom stereocenters. The molecule has 0 saturated carbocycles. The van der Waals surface area contributed by atoms with Gasteiger partial charge in [0.25, 0.3) is 0 Å². The predicted octanol–water partition coefficient (Wildman–Crippen LogP) is 3.21. The van der Waals surface area contributed by atoms with Gasteiger partial charge in [-0.1, -0.05) is 0 Å². The van der Waals surface area contributed by atoms with E-state index in [1.165, 1.54) is 11.8 Å². The van der Waals surface area contributed by atoms with Gasteiger partial charge < -0.3 is 9.72 Å². The van der Waals surface area contributed by atoms with Crippen LogP contribution in [0.2, 0.25) is 10.6 Å². The molecule has 0 fully saturated rings. The van der Waals surface area contributed by atoms with Gasteiger partial charge in [-0.05, 0) is 47.1 Å². The molecule has 20 heavy (non-hydrogen) atoms. The smallest absolute Gasteiger partial charge is 0.227 e. The van der Waals surface area contributed by atoms with Crippen LogP contribution in [0, 0.1) is 0 Å². The Morgan fingerprint density at radius 3 is 2.55 bits per heavy atom. The molecule has 1 N–H and O–H groups in total. The number of ether oxygens (including phenoxy) is 1. The molecule has 1 aromatic carbocycles. The minimum absolute atomic E-state index is 0.0466. The van der Waals surface area contributed by atoms with E-state index in [-0.39, 0.29) is 10.6 Å². The van der Waals surface area contributed by atoms with Crippen molar-refractivity contribution in [1.29, 1.82) is 0 Å². The van der Waals surface area contributed by atoms with Gasteiger partial charge in [-0.2, -0.15) is 15.0 Å². The third kappa shape index (κ3) is 2.79. The second-order valence-corrected chi connectivity index (χ2v) is 5.32. The lowest BCUT2D eigenvalue weighted by atomic mass is 10.3. The highest BCUT2D eigenvalue weighted by Crippen LogP contribution is 2.27. The van der Waals surface area contributed by atoms with Crippen LogP contribution in [0.1, 0.15) is 0 Å². The molecular weight excluding hydrogens is 321 g/mol. The summed E-state index contributed by atoms with van der Waals surface area (Å²) in [4.78, 5) is 19.2. The molecule has 2 heterocycles. The number of nitrogens with one attached hydrogen (secondary N) is 1. The molecule has 0 radical (unpaired) electrons. The maximum absolute atomic E-state index is 5.73. The van der Waals surface area contributed by atoms with Gasteiger partial charge in [0, 0.05) is 6.07 Å². The molecule has 0 amide bonds. The number of H-pyrrole nitrogens is 1. The first-order valence-corrected chi connectivity index (χ1v) is 7.00. The van der Waals surface area contributed by atoms with Gasteiger partial charge in [-0.15, -0.1) is 0 Å². The van der Waals surface area contributed by atoms with Gasteiger partial charge in [-0.25, -0.2) is 4.98 Å². The number of hydrogen-bond donors (Lipinski definition) is 1. The van der Waals surface area contributed by atoms with Crippen molar-refractivity contribution in [2.24, 2.45) is 0 Å². The van der Waals surface area contributed by atoms with E-state index in [4.69, 9.17) is 27.9 Å². The summed E-state index contributed by atoms with van der Waals surface area (Å²) in [6.07, 6.45) is 0. The summed E-state index contributed by atoms with van der Waals surface area (Å²) in [6.45, 7) is 0. The van der Waals surface area contributed by atoms with Gasteiger partial charge >= 0.3 is 0 Å². The summed E-state index contributed by atoms with van der Waals surface area (Å²) < 4.78 is 5.16. The van der Waals surface area contributed by atoms with Crippen LogP contribution in [-0.2, 0) is 0 Å². The molecule has 0 saturated heterocycles. The largest absolute Gasteiger partial charge is 0.497 e. The zero-order chi connectivity index (χ0) is 14.1. The lowest BCUT2D eigenvalue weighted by Crippen LogP contribution is -1.92. The van der Waals surface area contributed by atoms with Crippen molar-refractivity contribution < 1.29 is 4.74 Å². The predicted molar refractivity (Wildman–Crippen MR) is 76.6 cm³/mol. The summed E-state index contributed by atoms with van der Waals surface area (Å²) in [5.41, 5.74) is 1.68. The van der Waals surface area contributed by atoms with E-state index in [9.17, 15) is 0 Å². The molecule has 2 aromatic heterocycles. The number of aromatic amines is 1. The fourth-order valence-corrected chi connectivity index (χ4v) is 2.79. The van der Waals surface area contributed by atoms with Crippen molar-refractivity contribution in [1.82, 2.24) is 24.9 Å². The lowest BCUT2D eigenvalue weighted by Gasteiger charge is -1.97. The van der Waals surface area contributed by atoms with Crippen molar-refractivity contribution in [3.63, 3.8) is 0 Å². The monoisotopic (exact) mass is 327 g/mol. The number of benzene rings is 1. The molecule has 3 aromatic rings. The van der Waals surface area contributed by atoms with Gasteiger partial charge in [0.2, 0.25) is 15.7 Å². The molecule has 0 bridgehead atoms. The maximum Gasteiger partial charge on any atom is 0.227 e. The fourth-order valence-electron chi connectivity index (χ4n) is 1.58. The van der Waals surface area contributed by atoms with Crippen molar-refractivity contribution >= 4 is 46.0 Å². The SMILES string of the molecule is COc1ccc2nc(Sc3nc(Cl)nc(Cl)n3)[nH]c2c1. The van der Waals surface area contributed by atoms with E-state index >= 15 is 0 Å². The number of aromatic nitrogens is 5. The Morgan fingerprint density at radius 2 is 1.85 bits per heavy atom. The number of methoxy groups -OCH3 is 1. The molecule has 102 valence electrons. The summed E-state index contributed by atoms with van der Waals surface area (Å²) >= 11 is 12.7. The summed E-state index contributed by atoms with van der Waals surface area (Å²) in [7, 11) is 1.61. The Morgan fingerprint density at radius 1 is 1.10 bits per heavy atom. The van der Waals surface area contributed by atoms with E-state index < -0.39 is 0 Å². The van der Waals surface area contributed by atoms with Gasteiger partial charge in [-0.3, -0.25) is 0 Å². The first-order chi connectivity index (χ1) is 9.64. The topological polar surface area (TPSA) is 76.6 Å². The normalized spacial score (nSPS) is 10.9. The van der Waals surface area contributed by atoms with Crippen LogP contribution >= 0.6 is 35.0 Å². The van der Waals surface area contributed by atoms with Crippen LogP contribution in [0.3, 0.4) is 0 Å². The standard InChI is InChI=1S/C11H7Cl2N5OS/c1-19-5-2-3-6-7(4-5)15-10(14-6)20-11-17-8(12)16-9(13)18-11/h2-4H,1H3,(H,14,15). The molecule has 3 rings (SSSR count). The Kier molecular flexibility index (Phi) is 3.64. The Balaban J connectivity index is 1.94. The first-order valence-electron chi connectivity index (χ1n) is 5.43. The van der Waals surface area contributed by atoms with Gasteiger partial charge in [0.1, 0.15) is 5.75 Å². The van der Waals surface area contributed by atoms with Gasteiger partial charge in [0.05, 0.1) is 18.1 Å². The third-order valence-corrected chi connectivity index (χ3v) is 3.51. The molecule has 0 aliphatic carbocycles. The quantitative estimate of drug-likeness (QED) is 0.795. The van der Waals surface area contributed by atoms with E-state index in [1.54, 1.807) is 7.11 Å². The number of rotatable bonds is 3. The lowest BCUT2D eigenvalue weighted by molar-refractivity contribution is 0.415. The molecule has 6 nitrogen and oxygen atoms in total. The number of halogens is 2. The minimum Gasteiger partial charge on any atom is -0.497 e. The van der Waals surface area contributed by atoms with Crippen LogP contribution in [-0.4, -0.2) is 32.0 Å². The van der Waals surface area contributed by atoms with Crippen LogP contribution < -0.4 is 4.74 Å². The number of fused-ring (bicyclic) bond motifs is 1. The second-order valence-electron chi connectivity index (χ2n) is 3.68. The fraction of sp³-hybridized carbons (Fsp3) is 0.0909. The second kappa shape index (κ2) is 5.43. The van der Waals surface area contributed by atoms with Crippen molar-refractivity contribution in [2.45, 2.75) is 10.3 Å². The van der Waals surface area contributed by atoms with Crippen molar-refractivity contribution in [3.8, 4) is 5.75 Å². The maximum atomic E-state index is 5.73. The highest BCUT2D eigenvalue weighted by molar-refractivity contribution is 7.99. The zero-order valence-electron chi connectivity index (χ0n) is 10.1. The van der Waals surface area contributed by atoms with Crippen molar-refractivity contribution in [2.75, 3.05) is 7.11 Å². The molecule has 0 aliphatic rings. The number of hydrogen-bond acceptors (Lipinski definition) is 6. The average molecular weight is 328 g/mol. The van der Waals surface area contributed by atoms with E-state index in [0.717, 1.165) is 16.8 Å². The molecule has 0 aliphatic heterocycles. The zero-order valence-corrected chi connectivity index (χ0v) is 12.4. The van der Waals surface area contributed by atoms with Crippen LogP contribution in [0.15, 0.2) is 28.5 Å². The summed E-state index contributed by atoms with van der Waals surface area (Å²) in [5.74, 6) is 0.754. The Bertz CT molecular complexity index is 758. The summed E-state index contributed by atoms with van der Waals surface area (Å²) in [6, 6.07) is 5.57. The molecule has 9 heteroatoms. The average Bonchev–Trinajstić information content (AvgIpc) is 2.78. The molecular formula is C11H7Cl2N5OS. The van der Waals surface area contributed by atoms with Gasteiger partial charge in [0.15, 0.2) is 5.16 Å². The summed E-state index contributed by atoms with van der Waals surface area (Å²) in [5, 5.41) is 1.10. The van der Waals surface area contributed by atoms with E-state index in [2.05, 4.69) is 24.9 Å². The number of imidazole rings is 1. The molecule has 0 spiro atoms. The van der Waals surface area contributed by atoms with E-state index in [1.807, 2.05) is 18.2 Å². The van der Waals surface area contributed by atoms with Crippen molar-refractivity contribution in [3.05, 3.63) is 28.8 Å². The molecule has 0 atom stereocenters. The Labute approximate surface area is 127 Å².